The van der Waals surface area contributed by atoms with E-state index in [0.29, 0.717) is 16.8 Å². The molecule has 0 amide bonds. The third kappa shape index (κ3) is 4.70. The molecule has 2 aromatic carbocycles. The molecule has 0 radical (unpaired) electrons. The maximum absolute atomic E-state index is 12.7. The lowest BCUT2D eigenvalue weighted by Crippen LogP contribution is -2.28. The van der Waals surface area contributed by atoms with E-state index in [1.807, 2.05) is 30.3 Å². The Morgan fingerprint density at radius 1 is 1.13 bits per heavy atom. The summed E-state index contributed by atoms with van der Waals surface area (Å²) in [6.07, 6.45) is 2.66. The summed E-state index contributed by atoms with van der Waals surface area (Å²) in [6, 6.07) is 13.8. The largest absolute Gasteiger partial charge is 0.385 e. The molecule has 0 saturated heterocycles. The Labute approximate surface area is 188 Å². The topological polar surface area (TPSA) is 78.9 Å². The molecule has 1 aromatic heterocycles. The monoisotopic (exact) mass is 455 g/mol. The van der Waals surface area contributed by atoms with Gasteiger partial charge in [0.1, 0.15) is 12.2 Å². The first-order chi connectivity index (χ1) is 14.6. The average Bonchev–Trinajstić information content (AvgIpc) is 2.70. The third-order valence-corrected chi connectivity index (χ3v) is 7.38. The van der Waals surface area contributed by atoms with Gasteiger partial charge in [-0.1, -0.05) is 43.6 Å². The van der Waals surface area contributed by atoms with Crippen molar-refractivity contribution in [2.45, 2.75) is 25.7 Å². The van der Waals surface area contributed by atoms with E-state index in [0.717, 1.165) is 35.3 Å². The van der Waals surface area contributed by atoms with Gasteiger partial charge in [0.25, 0.3) is 0 Å². The van der Waals surface area contributed by atoms with Crippen LogP contribution in [-0.2, 0) is 9.98 Å². The molecule has 1 aliphatic rings. The molecule has 162 valence electrons. The van der Waals surface area contributed by atoms with Crippen LogP contribution in [0.4, 0.5) is 28.8 Å². The van der Waals surface area contributed by atoms with Crippen LogP contribution in [0, 0.1) is 0 Å². The molecule has 0 bridgehead atoms. The quantitative estimate of drug-likeness (QED) is 0.412. The first-order valence-corrected chi connectivity index (χ1v) is 13.2. The number of anilines is 5. The number of nitrogens with zero attached hydrogens (tertiary/aromatic N) is 2. The van der Waals surface area contributed by atoms with Gasteiger partial charge in [0.05, 0.1) is 11.9 Å². The molecule has 2 heterocycles. The van der Waals surface area contributed by atoms with Crippen LogP contribution in [0.15, 0.2) is 48.7 Å². The van der Waals surface area contributed by atoms with Gasteiger partial charge < -0.3 is 20.5 Å². The molecule has 0 aliphatic carbocycles. The molecule has 8 heteroatoms. The Hall–Kier alpha value is -2.56. The Balaban J connectivity index is 1.61. The SMILES string of the molecule is CC1(C)CCNc2cc(Nc3ncc(Cl)c(Nc4ccccc4P(C)(C)=O)n3)ccc21. The lowest BCUT2D eigenvalue weighted by atomic mass is 9.78. The molecular formula is C23H27ClN5OP. The van der Waals surface area contributed by atoms with Crippen molar-refractivity contribution in [3.8, 4) is 0 Å². The van der Waals surface area contributed by atoms with Gasteiger partial charge in [-0.3, -0.25) is 0 Å². The summed E-state index contributed by atoms with van der Waals surface area (Å²) in [6.45, 7) is 8.97. The molecule has 0 atom stereocenters. The smallest absolute Gasteiger partial charge is 0.229 e. The molecule has 6 nitrogen and oxygen atoms in total. The molecule has 0 saturated carbocycles. The van der Waals surface area contributed by atoms with Crippen molar-refractivity contribution >= 4 is 52.9 Å². The van der Waals surface area contributed by atoms with Crippen molar-refractivity contribution in [3.05, 3.63) is 59.2 Å². The van der Waals surface area contributed by atoms with Gasteiger partial charge in [-0.15, -0.1) is 0 Å². The number of hydrogen-bond acceptors (Lipinski definition) is 6. The van der Waals surface area contributed by atoms with Crippen molar-refractivity contribution < 1.29 is 4.57 Å². The summed E-state index contributed by atoms with van der Waals surface area (Å²) in [5.41, 5.74) is 4.21. The fourth-order valence-electron chi connectivity index (χ4n) is 3.82. The van der Waals surface area contributed by atoms with Crippen LogP contribution in [0.3, 0.4) is 0 Å². The Morgan fingerprint density at radius 2 is 1.90 bits per heavy atom. The van der Waals surface area contributed by atoms with E-state index in [9.17, 15) is 4.57 Å². The van der Waals surface area contributed by atoms with E-state index in [2.05, 4.69) is 51.9 Å². The number of nitrogens with one attached hydrogen (secondary N) is 3. The van der Waals surface area contributed by atoms with E-state index in [-0.39, 0.29) is 5.41 Å². The number of fused-ring (bicyclic) bond motifs is 1. The number of hydrogen-bond donors (Lipinski definition) is 3. The van der Waals surface area contributed by atoms with Gasteiger partial charge in [-0.05, 0) is 55.0 Å². The van der Waals surface area contributed by atoms with Crippen molar-refractivity contribution in [1.29, 1.82) is 0 Å². The molecule has 31 heavy (non-hydrogen) atoms. The van der Waals surface area contributed by atoms with E-state index < -0.39 is 7.14 Å². The summed E-state index contributed by atoms with van der Waals surface area (Å²) in [5.74, 6) is 0.882. The maximum atomic E-state index is 12.7. The minimum absolute atomic E-state index is 0.151. The number of rotatable bonds is 5. The summed E-state index contributed by atoms with van der Waals surface area (Å²) >= 11 is 6.35. The predicted molar refractivity (Wildman–Crippen MR) is 132 cm³/mol. The highest BCUT2D eigenvalue weighted by Crippen LogP contribution is 2.39. The summed E-state index contributed by atoms with van der Waals surface area (Å²) in [7, 11) is -2.47. The second-order valence-corrected chi connectivity index (χ2v) is 12.4. The highest BCUT2D eigenvalue weighted by atomic mass is 35.5. The summed E-state index contributed by atoms with van der Waals surface area (Å²) < 4.78 is 12.7. The first-order valence-electron chi connectivity index (χ1n) is 10.2. The summed E-state index contributed by atoms with van der Waals surface area (Å²) in [4.78, 5) is 8.87. The van der Waals surface area contributed by atoms with Gasteiger partial charge >= 0.3 is 0 Å². The van der Waals surface area contributed by atoms with Crippen LogP contribution < -0.4 is 21.3 Å². The number of halogens is 1. The lowest BCUT2D eigenvalue weighted by molar-refractivity contribution is 0.482. The zero-order chi connectivity index (χ0) is 22.2. The van der Waals surface area contributed by atoms with Crippen LogP contribution in [-0.4, -0.2) is 29.8 Å². The van der Waals surface area contributed by atoms with Gasteiger partial charge in [0.2, 0.25) is 5.95 Å². The van der Waals surface area contributed by atoms with Gasteiger partial charge in [0.15, 0.2) is 5.82 Å². The third-order valence-electron chi connectivity index (χ3n) is 5.55. The second kappa shape index (κ2) is 8.18. The van der Waals surface area contributed by atoms with E-state index >= 15 is 0 Å². The minimum atomic E-state index is -2.47. The molecule has 0 spiro atoms. The van der Waals surface area contributed by atoms with Crippen LogP contribution in [0.1, 0.15) is 25.8 Å². The van der Waals surface area contributed by atoms with E-state index in [1.165, 1.54) is 5.56 Å². The van der Waals surface area contributed by atoms with Crippen LogP contribution in [0.25, 0.3) is 0 Å². The Bertz CT molecular complexity index is 1170. The van der Waals surface area contributed by atoms with E-state index in [1.54, 1.807) is 19.5 Å². The second-order valence-electron chi connectivity index (χ2n) is 8.83. The highest BCUT2D eigenvalue weighted by molar-refractivity contribution is 7.70. The fraction of sp³-hybridized carbons (Fsp3) is 0.304. The number of aromatic nitrogens is 2. The molecular weight excluding hydrogens is 429 g/mol. The average molecular weight is 456 g/mol. The zero-order valence-corrected chi connectivity index (χ0v) is 19.8. The zero-order valence-electron chi connectivity index (χ0n) is 18.2. The Morgan fingerprint density at radius 3 is 2.68 bits per heavy atom. The molecule has 0 unspecified atom stereocenters. The highest BCUT2D eigenvalue weighted by Gasteiger charge is 2.27. The van der Waals surface area contributed by atoms with Gasteiger partial charge in [0, 0.05) is 23.2 Å². The van der Waals surface area contributed by atoms with E-state index in [4.69, 9.17) is 11.6 Å². The van der Waals surface area contributed by atoms with Gasteiger partial charge in [-0.2, -0.15) is 4.98 Å². The Kier molecular flexibility index (Phi) is 5.71. The molecule has 4 rings (SSSR count). The lowest BCUT2D eigenvalue weighted by Gasteiger charge is -2.33. The van der Waals surface area contributed by atoms with Crippen LogP contribution >= 0.6 is 18.7 Å². The molecule has 1 aliphatic heterocycles. The van der Waals surface area contributed by atoms with Crippen LogP contribution in [0.5, 0.6) is 0 Å². The van der Waals surface area contributed by atoms with Crippen molar-refractivity contribution in [2.75, 3.05) is 35.8 Å². The number of benzene rings is 2. The number of para-hydroxylation sites is 1. The van der Waals surface area contributed by atoms with Crippen LogP contribution in [0.2, 0.25) is 5.02 Å². The standard InChI is InChI=1S/C23H27ClN5OP/c1-23(2)11-12-25-19-13-15(9-10-16(19)23)27-22-26-14-17(24)21(29-22)28-18-7-5-6-8-20(18)31(3,4)30/h5-10,13-14,25H,11-12H2,1-4H3,(H2,26,27,28,29). The maximum Gasteiger partial charge on any atom is 0.229 e. The first kappa shape index (κ1) is 21.7. The predicted octanol–water partition coefficient (Wildman–Crippen LogP) is 5.96. The van der Waals surface area contributed by atoms with Crippen molar-refractivity contribution in [2.24, 2.45) is 0 Å². The van der Waals surface area contributed by atoms with Gasteiger partial charge in [-0.25, -0.2) is 4.98 Å². The minimum Gasteiger partial charge on any atom is -0.385 e. The molecule has 0 fully saturated rings. The van der Waals surface area contributed by atoms with Crippen molar-refractivity contribution in [1.82, 2.24) is 9.97 Å². The van der Waals surface area contributed by atoms with Crippen molar-refractivity contribution in [3.63, 3.8) is 0 Å². The fourth-order valence-corrected chi connectivity index (χ4v) is 5.12. The normalized spacial score (nSPS) is 15.0. The summed E-state index contributed by atoms with van der Waals surface area (Å²) in [5, 5.41) is 11.1. The molecule has 3 N–H and O–H groups in total. The molecule has 3 aromatic rings.